The van der Waals surface area contributed by atoms with Gasteiger partial charge < -0.3 is 10.3 Å². The Morgan fingerprint density at radius 1 is 1.21 bits per heavy atom. The van der Waals surface area contributed by atoms with Crippen LogP contribution in [0.4, 0.5) is 5.95 Å². The summed E-state index contributed by atoms with van der Waals surface area (Å²) in [5.74, 6) is 0.545. The number of rotatable bonds is 2. The molecule has 0 unspecified atom stereocenters. The first kappa shape index (κ1) is 11.7. The highest BCUT2D eigenvalue weighted by molar-refractivity contribution is 5.79. The van der Waals surface area contributed by atoms with E-state index >= 15 is 0 Å². The summed E-state index contributed by atoms with van der Waals surface area (Å²) in [7, 11) is 0. The predicted molar refractivity (Wildman–Crippen MR) is 77.0 cm³/mol. The smallest absolute Gasteiger partial charge is 0.201 e. The first-order valence-electron chi connectivity index (χ1n) is 6.27. The third-order valence-corrected chi connectivity index (χ3v) is 3.41. The first-order valence-corrected chi connectivity index (χ1v) is 6.27. The highest BCUT2D eigenvalue weighted by atomic mass is 15.1. The van der Waals surface area contributed by atoms with Gasteiger partial charge in [-0.3, -0.25) is 4.98 Å². The summed E-state index contributed by atoms with van der Waals surface area (Å²) in [6.45, 7) is 4.85. The molecular formula is C15H16N4. The minimum Gasteiger partial charge on any atom is -0.369 e. The molecule has 3 rings (SSSR count). The summed E-state index contributed by atoms with van der Waals surface area (Å²) in [6.07, 6.45) is 3.69. The van der Waals surface area contributed by atoms with Crippen molar-refractivity contribution in [2.24, 2.45) is 0 Å². The molecule has 0 spiro atoms. The average molecular weight is 252 g/mol. The fourth-order valence-corrected chi connectivity index (χ4v) is 2.25. The number of aromatic nitrogens is 3. The molecule has 4 heteroatoms. The summed E-state index contributed by atoms with van der Waals surface area (Å²) in [5, 5.41) is 0. The van der Waals surface area contributed by atoms with Gasteiger partial charge >= 0.3 is 0 Å². The van der Waals surface area contributed by atoms with Gasteiger partial charge in [-0.2, -0.15) is 0 Å². The van der Waals surface area contributed by atoms with Crippen molar-refractivity contribution in [1.82, 2.24) is 14.5 Å². The van der Waals surface area contributed by atoms with Gasteiger partial charge in [-0.15, -0.1) is 0 Å². The van der Waals surface area contributed by atoms with E-state index < -0.39 is 0 Å². The molecule has 19 heavy (non-hydrogen) atoms. The van der Waals surface area contributed by atoms with E-state index in [4.69, 9.17) is 5.73 Å². The summed E-state index contributed by atoms with van der Waals surface area (Å²) in [4.78, 5) is 8.58. The minimum absolute atomic E-state index is 0.545. The number of pyridine rings is 1. The molecule has 0 saturated heterocycles. The number of nitrogens with zero attached hydrogens (tertiary/aromatic N) is 3. The molecule has 1 aromatic carbocycles. The van der Waals surface area contributed by atoms with Crippen LogP contribution in [0.1, 0.15) is 16.7 Å². The molecule has 0 fully saturated rings. The molecule has 2 aromatic heterocycles. The molecule has 2 N–H and O–H groups in total. The van der Waals surface area contributed by atoms with Crippen LogP contribution in [-0.2, 0) is 6.54 Å². The number of anilines is 1. The van der Waals surface area contributed by atoms with Crippen molar-refractivity contribution in [2.45, 2.75) is 20.4 Å². The van der Waals surface area contributed by atoms with Crippen LogP contribution in [-0.4, -0.2) is 14.5 Å². The van der Waals surface area contributed by atoms with Crippen molar-refractivity contribution >= 4 is 17.0 Å². The molecule has 0 atom stereocenters. The second-order valence-electron chi connectivity index (χ2n) is 4.85. The quantitative estimate of drug-likeness (QED) is 0.763. The average Bonchev–Trinajstić information content (AvgIpc) is 2.69. The van der Waals surface area contributed by atoms with E-state index in [1.54, 1.807) is 6.20 Å². The van der Waals surface area contributed by atoms with E-state index in [1.807, 2.05) is 22.9 Å². The summed E-state index contributed by atoms with van der Waals surface area (Å²) >= 11 is 0. The minimum atomic E-state index is 0.545. The summed E-state index contributed by atoms with van der Waals surface area (Å²) < 4.78 is 2.03. The number of hydrogen-bond acceptors (Lipinski definition) is 3. The van der Waals surface area contributed by atoms with Crippen LogP contribution in [0.3, 0.4) is 0 Å². The van der Waals surface area contributed by atoms with Crippen molar-refractivity contribution in [3.05, 3.63) is 53.3 Å². The Morgan fingerprint density at radius 3 is 2.84 bits per heavy atom. The van der Waals surface area contributed by atoms with Crippen molar-refractivity contribution in [3.63, 3.8) is 0 Å². The van der Waals surface area contributed by atoms with E-state index in [9.17, 15) is 0 Å². The molecule has 0 saturated carbocycles. The Kier molecular flexibility index (Phi) is 2.71. The Hall–Kier alpha value is -2.36. The second kappa shape index (κ2) is 4.39. The van der Waals surface area contributed by atoms with Gasteiger partial charge in [0.2, 0.25) is 5.95 Å². The maximum absolute atomic E-state index is 6.03. The van der Waals surface area contributed by atoms with Gasteiger partial charge in [0.15, 0.2) is 0 Å². The zero-order valence-corrected chi connectivity index (χ0v) is 11.1. The lowest BCUT2D eigenvalue weighted by Gasteiger charge is -2.09. The molecule has 0 bridgehead atoms. The number of nitrogen functional groups attached to an aromatic ring is 1. The second-order valence-corrected chi connectivity index (χ2v) is 4.85. The molecular weight excluding hydrogens is 236 g/mol. The lowest BCUT2D eigenvalue weighted by atomic mass is 10.1. The largest absolute Gasteiger partial charge is 0.369 e. The lowest BCUT2D eigenvalue weighted by molar-refractivity contribution is 0.826. The van der Waals surface area contributed by atoms with Gasteiger partial charge in [-0.25, -0.2) is 4.98 Å². The first-order chi connectivity index (χ1) is 9.15. The van der Waals surface area contributed by atoms with Gasteiger partial charge in [0.1, 0.15) is 0 Å². The topological polar surface area (TPSA) is 56.7 Å². The van der Waals surface area contributed by atoms with Crippen LogP contribution >= 0.6 is 0 Å². The number of imidazole rings is 1. The normalized spacial score (nSPS) is 11.1. The standard InChI is InChI=1S/C15H16N4/c1-10-3-4-13-14(7-10)19(15(16)18-13)9-12-8-17-6-5-11(12)2/h3-8H,9H2,1-2H3,(H2,16,18). The zero-order valence-electron chi connectivity index (χ0n) is 11.1. The molecule has 96 valence electrons. The Bertz CT molecular complexity index is 743. The number of aryl methyl sites for hydroxylation is 2. The third-order valence-electron chi connectivity index (χ3n) is 3.41. The highest BCUT2D eigenvalue weighted by Gasteiger charge is 2.09. The maximum atomic E-state index is 6.03. The fourth-order valence-electron chi connectivity index (χ4n) is 2.25. The SMILES string of the molecule is Cc1ccc2nc(N)n(Cc3cnccc3C)c2c1. The molecule has 0 aliphatic heterocycles. The highest BCUT2D eigenvalue weighted by Crippen LogP contribution is 2.21. The van der Waals surface area contributed by atoms with E-state index in [0.29, 0.717) is 12.5 Å². The molecule has 3 aromatic rings. The van der Waals surface area contributed by atoms with E-state index in [2.05, 4.69) is 35.9 Å². The monoisotopic (exact) mass is 252 g/mol. The lowest BCUT2D eigenvalue weighted by Crippen LogP contribution is -2.06. The Labute approximate surface area is 111 Å². The fraction of sp³-hybridized carbons (Fsp3) is 0.200. The maximum Gasteiger partial charge on any atom is 0.201 e. The molecule has 0 aliphatic carbocycles. The van der Waals surface area contributed by atoms with Crippen LogP contribution in [0, 0.1) is 13.8 Å². The van der Waals surface area contributed by atoms with Crippen LogP contribution in [0.15, 0.2) is 36.7 Å². The summed E-state index contributed by atoms with van der Waals surface area (Å²) in [5.41, 5.74) is 11.6. The number of fused-ring (bicyclic) bond motifs is 1. The summed E-state index contributed by atoms with van der Waals surface area (Å²) in [6, 6.07) is 8.18. The molecule has 0 amide bonds. The Morgan fingerprint density at radius 2 is 2.05 bits per heavy atom. The van der Waals surface area contributed by atoms with E-state index in [1.165, 1.54) is 11.1 Å². The zero-order chi connectivity index (χ0) is 13.4. The van der Waals surface area contributed by atoms with Gasteiger partial charge in [0.25, 0.3) is 0 Å². The molecule has 4 nitrogen and oxygen atoms in total. The van der Waals surface area contributed by atoms with Gasteiger partial charge in [0.05, 0.1) is 17.6 Å². The van der Waals surface area contributed by atoms with Crippen molar-refractivity contribution in [1.29, 1.82) is 0 Å². The number of benzene rings is 1. The van der Waals surface area contributed by atoms with Crippen molar-refractivity contribution in [3.8, 4) is 0 Å². The van der Waals surface area contributed by atoms with Gasteiger partial charge in [-0.05, 0) is 48.7 Å². The van der Waals surface area contributed by atoms with Gasteiger partial charge in [-0.1, -0.05) is 6.07 Å². The van der Waals surface area contributed by atoms with Crippen LogP contribution < -0.4 is 5.73 Å². The van der Waals surface area contributed by atoms with E-state index in [-0.39, 0.29) is 0 Å². The van der Waals surface area contributed by atoms with Crippen molar-refractivity contribution < 1.29 is 0 Å². The van der Waals surface area contributed by atoms with E-state index in [0.717, 1.165) is 16.6 Å². The molecule has 0 aliphatic rings. The van der Waals surface area contributed by atoms with Crippen molar-refractivity contribution in [2.75, 3.05) is 5.73 Å². The Balaban J connectivity index is 2.12. The van der Waals surface area contributed by atoms with Gasteiger partial charge in [0, 0.05) is 12.4 Å². The third kappa shape index (κ3) is 2.05. The number of nitrogens with two attached hydrogens (primary N) is 1. The molecule has 2 heterocycles. The van der Waals surface area contributed by atoms with Crippen LogP contribution in [0.25, 0.3) is 11.0 Å². The van der Waals surface area contributed by atoms with Crippen LogP contribution in [0.5, 0.6) is 0 Å². The molecule has 0 radical (unpaired) electrons. The predicted octanol–water partition coefficient (Wildman–Crippen LogP) is 2.68. The number of hydrogen-bond donors (Lipinski definition) is 1. The van der Waals surface area contributed by atoms with Crippen LogP contribution in [0.2, 0.25) is 0 Å².